The van der Waals surface area contributed by atoms with Crippen molar-refractivity contribution >= 4 is 57.1 Å². The van der Waals surface area contributed by atoms with Gasteiger partial charge in [-0.25, -0.2) is 9.97 Å². The highest BCUT2D eigenvalue weighted by molar-refractivity contribution is 6.30. The maximum Gasteiger partial charge on any atom is 0.150 e. The third kappa shape index (κ3) is 4.26. The van der Waals surface area contributed by atoms with Crippen LogP contribution in [0, 0.1) is 0 Å². The van der Waals surface area contributed by atoms with E-state index in [1.807, 2.05) is 36.4 Å². The molecule has 0 fully saturated rings. The molecule has 0 aliphatic rings. The molecular weight excluding hydrogens is 367 g/mol. The predicted molar refractivity (Wildman–Crippen MR) is 109 cm³/mol. The highest BCUT2D eigenvalue weighted by Gasteiger charge is 1.97. The lowest BCUT2D eigenvalue weighted by atomic mass is 10.1. The normalized spacial score (nSPS) is 10.2. The number of aromatic nitrogens is 2. The average molecular weight is 381 g/mol. The molecule has 0 spiro atoms. The number of carbonyl (C=O) groups is 1. The second kappa shape index (κ2) is 8.09. The van der Waals surface area contributed by atoms with Gasteiger partial charge in [0.25, 0.3) is 0 Å². The quantitative estimate of drug-likeness (QED) is 0.305. The van der Waals surface area contributed by atoms with E-state index in [9.17, 15) is 4.79 Å². The third-order valence-corrected chi connectivity index (χ3v) is 4.21. The molecule has 0 radical (unpaired) electrons. The van der Waals surface area contributed by atoms with Gasteiger partial charge < -0.3 is 0 Å². The summed E-state index contributed by atoms with van der Waals surface area (Å²) in [7, 11) is 0. The summed E-state index contributed by atoms with van der Waals surface area (Å²) in [5.74, 6) is 0. The van der Waals surface area contributed by atoms with Crippen LogP contribution in [0.2, 0.25) is 10.3 Å². The molecule has 2 aromatic heterocycles. The predicted octanol–water partition coefficient (Wildman–Crippen LogP) is 6.23. The summed E-state index contributed by atoms with van der Waals surface area (Å²) in [6, 6.07) is 15.0. The van der Waals surface area contributed by atoms with Crippen LogP contribution < -0.4 is 0 Å². The number of hydrogen-bond donors (Lipinski definition) is 0. The molecule has 3 nitrogen and oxygen atoms in total. The maximum atomic E-state index is 10.5. The molecule has 0 unspecified atom stereocenters. The van der Waals surface area contributed by atoms with E-state index < -0.39 is 0 Å². The fourth-order valence-electron chi connectivity index (χ4n) is 2.47. The smallest absolute Gasteiger partial charge is 0.150 e. The largest absolute Gasteiger partial charge is 0.298 e. The fourth-order valence-corrected chi connectivity index (χ4v) is 2.80. The fraction of sp³-hybridized carbons (Fsp3) is 0. The van der Waals surface area contributed by atoms with Crippen molar-refractivity contribution in [1.82, 2.24) is 9.97 Å². The number of pyridine rings is 2. The Morgan fingerprint density at radius 3 is 1.73 bits per heavy atom. The average Bonchev–Trinajstić information content (AvgIpc) is 2.67. The van der Waals surface area contributed by atoms with Gasteiger partial charge in [0.05, 0.1) is 0 Å². The number of carbonyl (C=O) groups excluding carboxylic acids is 1. The van der Waals surface area contributed by atoms with E-state index in [4.69, 9.17) is 23.2 Å². The summed E-state index contributed by atoms with van der Waals surface area (Å²) in [6.07, 6.45) is 6.08. The Morgan fingerprint density at radius 1 is 0.731 bits per heavy atom. The monoisotopic (exact) mass is 380 g/mol. The third-order valence-electron chi connectivity index (χ3n) is 3.80. The lowest BCUT2D eigenvalue weighted by Gasteiger charge is -1.98. The van der Waals surface area contributed by atoms with Crippen molar-refractivity contribution in [3.63, 3.8) is 0 Å². The molecule has 128 valence electrons. The second-order valence-electron chi connectivity index (χ2n) is 5.55. The Bertz CT molecular complexity index is 1020. The van der Waals surface area contributed by atoms with Crippen LogP contribution in [0.15, 0.2) is 67.5 Å². The molecular formula is C21H14Cl2N2O. The lowest BCUT2D eigenvalue weighted by molar-refractivity contribution is 0.112. The zero-order valence-electron chi connectivity index (χ0n) is 13.7. The van der Waals surface area contributed by atoms with Crippen molar-refractivity contribution in [1.29, 1.82) is 0 Å². The van der Waals surface area contributed by atoms with E-state index in [0.717, 1.165) is 33.4 Å². The van der Waals surface area contributed by atoms with Crippen LogP contribution >= 0.6 is 23.2 Å². The Hall–Kier alpha value is -2.75. The molecule has 0 amide bonds. The molecule has 0 saturated carbocycles. The SMILES string of the molecule is C=Cc1ccc2cnc(Cl)cc2c1.O=Cc1ccc2cnc(Cl)cc2c1. The van der Waals surface area contributed by atoms with Gasteiger partial charge in [-0.05, 0) is 40.6 Å². The second-order valence-corrected chi connectivity index (χ2v) is 6.32. The highest BCUT2D eigenvalue weighted by Crippen LogP contribution is 2.19. The van der Waals surface area contributed by atoms with Crippen LogP contribution in [0.3, 0.4) is 0 Å². The van der Waals surface area contributed by atoms with E-state index >= 15 is 0 Å². The summed E-state index contributed by atoms with van der Waals surface area (Å²) < 4.78 is 0. The summed E-state index contributed by atoms with van der Waals surface area (Å²) in [4.78, 5) is 18.4. The van der Waals surface area contributed by atoms with Crippen molar-refractivity contribution in [3.05, 3.63) is 88.9 Å². The first-order chi connectivity index (χ1) is 12.6. The summed E-state index contributed by atoms with van der Waals surface area (Å²) >= 11 is 11.5. The number of benzene rings is 2. The van der Waals surface area contributed by atoms with Crippen molar-refractivity contribution in [3.8, 4) is 0 Å². The maximum absolute atomic E-state index is 10.5. The molecule has 0 aliphatic carbocycles. The van der Waals surface area contributed by atoms with Gasteiger partial charge >= 0.3 is 0 Å². The van der Waals surface area contributed by atoms with E-state index in [2.05, 4.69) is 16.5 Å². The number of nitrogens with zero attached hydrogens (tertiary/aromatic N) is 2. The van der Waals surface area contributed by atoms with Crippen LogP contribution in [-0.2, 0) is 0 Å². The van der Waals surface area contributed by atoms with Crippen LogP contribution in [0.25, 0.3) is 27.6 Å². The van der Waals surface area contributed by atoms with Crippen molar-refractivity contribution in [2.45, 2.75) is 0 Å². The van der Waals surface area contributed by atoms with Gasteiger partial charge in [0.1, 0.15) is 16.6 Å². The Balaban J connectivity index is 0.000000151. The standard InChI is InChI=1S/C11H8ClN.C10H6ClNO/c1-2-8-3-4-9-7-13-11(12)6-10(9)5-8;11-10-4-9-3-7(6-13)1-2-8(9)5-12-10/h2-7H,1H2;1-6H. The molecule has 26 heavy (non-hydrogen) atoms. The topological polar surface area (TPSA) is 42.9 Å². The van der Waals surface area contributed by atoms with Crippen molar-refractivity contribution in [2.75, 3.05) is 0 Å². The lowest BCUT2D eigenvalue weighted by Crippen LogP contribution is -1.81. The minimum atomic E-state index is 0.440. The van der Waals surface area contributed by atoms with Gasteiger partial charge in [-0.1, -0.05) is 60.1 Å². The first kappa shape index (κ1) is 18.1. The molecule has 2 heterocycles. The van der Waals surface area contributed by atoms with Crippen LogP contribution in [0.5, 0.6) is 0 Å². The molecule has 4 aromatic rings. The zero-order chi connectivity index (χ0) is 18.5. The number of halogens is 2. The molecule has 0 N–H and O–H groups in total. The van der Waals surface area contributed by atoms with Gasteiger partial charge in [0, 0.05) is 28.7 Å². The minimum absolute atomic E-state index is 0.440. The van der Waals surface area contributed by atoms with E-state index in [0.29, 0.717) is 15.9 Å². The first-order valence-electron chi connectivity index (χ1n) is 7.77. The number of rotatable bonds is 2. The molecule has 5 heteroatoms. The van der Waals surface area contributed by atoms with Gasteiger partial charge in [-0.15, -0.1) is 0 Å². The number of aldehydes is 1. The minimum Gasteiger partial charge on any atom is -0.298 e. The van der Waals surface area contributed by atoms with E-state index in [-0.39, 0.29) is 0 Å². The van der Waals surface area contributed by atoms with Crippen molar-refractivity contribution < 1.29 is 4.79 Å². The van der Waals surface area contributed by atoms with E-state index in [1.54, 1.807) is 30.6 Å². The van der Waals surface area contributed by atoms with Crippen molar-refractivity contribution in [2.24, 2.45) is 0 Å². The van der Waals surface area contributed by atoms with Crippen LogP contribution in [0.4, 0.5) is 0 Å². The van der Waals surface area contributed by atoms with E-state index in [1.165, 1.54) is 0 Å². The highest BCUT2D eigenvalue weighted by atomic mass is 35.5. The Morgan fingerprint density at radius 2 is 1.23 bits per heavy atom. The first-order valence-corrected chi connectivity index (χ1v) is 8.53. The number of fused-ring (bicyclic) bond motifs is 2. The molecule has 0 atom stereocenters. The summed E-state index contributed by atoms with van der Waals surface area (Å²) in [6.45, 7) is 3.71. The molecule has 0 saturated heterocycles. The van der Waals surface area contributed by atoms with Gasteiger partial charge in [-0.3, -0.25) is 4.79 Å². The molecule has 0 aliphatic heterocycles. The Labute approximate surface area is 160 Å². The zero-order valence-corrected chi connectivity index (χ0v) is 15.2. The molecule has 0 bridgehead atoms. The molecule has 2 aromatic carbocycles. The van der Waals surface area contributed by atoms with Crippen LogP contribution in [-0.4, -0.2) is 16.3 Å². The number of hydrogen-bond acceptors (Lipinski definition) is 3. The Kier molecular flexibility index (Phi) is 5.61. The summed E-state index contributed by atoms with van der Waals surface area (Å²) in [5, 5.41) is 5.07. The summed E-state index contributed by atoms with van der Waals surface area (Å²) in [5.41, 5.74) is 1.74. The van der Waals surface area contributed by atoms with Crippen LogP contribution in [0.1, 0.15) is 15.9 Å². The van der Waals surface area contributed by atoms with Gasteiger partial charge in [0.15, 0.2) is 0 Å². The molecule has 4 rings (SSSR count). The van der Waals surface area contributed by atoms with Gasteiger partial charge in [-0.2, -0.15) is 0 Å². The van der Waals surface area contributed by atoms with Gasteiger partial charge in [0.2, 0.25) is 0 Å².